The molecule has 0 aliphatic rings. The van der Waals surface area contributed by atoms with Gasteiger partial charge in [-0.3, -0.25) is 29.0 Å². The fraction of sp³-hybridized carbons (Fsp3) is 0.632. The Balaban J connectivity index is 5.62. The molecule has 0 saturated carbocycles. The first kappa shape index (κ1) is 32.0. The lowest BCUT2D eigenvalue weighted by molar-refractivity contribution is -0.145. The molecule has 0 spiro atoms. The Morgan fingerprint density at radius 2 is 1.42 bits per heavy atom. The SMILES string of the molecule is CC(O)C(NC(=O)C(CCCN=C(N)N)NC(=O)C(CC(=O)O)NC(=O)C(N)CCC(N)=O)C(=O)O. The van der Waals surface area contributed by atoms with Crippen LogP contribution in [-0.4, -0.2) is 93.7 Å². The summed E-state index contributed by atoms with van der Waals surface area (Å²) in [4.78, 5) is 74.9. The summed E-state index contributed by atoms with van der Waals surface area (Å²) in [5, 5.41) is 34.4. The van der Waals surface area contributed by atoms with E-state index in [4.69, 9.17) is 28.0 Å². The minimum atomic E-state index is -1.70. The molecular weight excluding hydrogens is 484 g/mol. The molecule has 0 aromatic heterocycles. The zero-order valence-electron chi connectivity index (χ0n) is 19.7. The van der Waals surface area contributed by atoms with Crippen LogP contribution in [0.2, 0.25) is 0 Å². The van der Waals surface area contributed by atoms with E-state index in [0.29, 0.717) is 0 Å². The van der Waals surface area contributed by atoms with Crippen molar-refractivity contribution in [3.63, 3.8) is 0 Å². The van der Waals surface area contributed by atoms with Crippen LogP contribution < -0.4 is 38.9 Å². The number of nitrogens with one attached hydrogen (secondary N) is 3. The normalized spacial score (nSPS) is 14.8. The van der Waals surface area contributed by atoms with Crippen molar-refractivity contribution in [2.45, 2.75) is 69.3 Å². The van der Waals surface area contributed by atoms with Crippen molar-refractivity contribution < 1.29 is 44.1 Å². The highest BCUT2D eigenvalue weighted by atomic mass is 16.4. The van der Waals surface area contributed by atoms with Gasteiger partial charge in [0.2, 0.25) is 23.6 Å². The van der Waals surface area contributed by atoms with Crippen molar-refractivity contribution in [3.8, 4) is 0 Å². The van der Waals surface area contributed by atoms with Gasteiger partial charge in [0.05, 0.1) is 18.6 Å². The van der Waals surface area contributed by atoms with Crippen molar-refractivity contribution >= 4 is 41.5 Å². The monoisotopic (exact) mass is 518 g/mol. The molecule has 4 amide bonds. The van der Waals surface area contributed by atoms with E-state index in [1.807, 2.05) is 0 Å². The van der Waals surface area contributed by atoms with Crippen LogP contribution in [0.1, 0.15) is 39.0 Å². The number of hydrogen-bond acceptors (Lipinski definition) is 9. The van der Waals surface area contributed by atoms with E-state index in [9.17, 15) is 39.0 Å². The minimum Gasteiger partial charge on any atom is -0.481 e. The number of carboxylic acids is 2. The molecule has 0 bridgehead atoms. The van der Waals surface area contributed by atoms with Gasteiger partial charge in [-0.05, 0) is 26.2 Å². The number of amides is 4. The molecule has 0 heterocycles. The first-order valence-corrected chi connectivity index (χ1v) is 10.8. The standard InChI is InChI=1S/C19H34N8O9/c1-8(28)14(18(35)36)27-16(33)10(3-2-6-24-19(22)23)25-17(34)11(7-13(30)31)26-15(32)9(20)4-5-12(21)29/h8-11,14,28H,2-7,20H2,1H3,(H2,21,29)(H,25,34)(H,26,32)(H,27,33)(H,30,31)(H,35,36)(H4,22,23,24). The maximum absolute atomic E-state index is 12.8. The first-order chi connectivity index (χ1) is 16.6. The van der Waals surface area contributed by atoms with Gasteiger partial charge in [-0.25, -0.2) is 4.79 Å². The summed E-state index contributed by atoms with van der Waals surface area (Å²) in [7, 11) is 0. The van der Waals surface area contributed by atoms with Crippen LogP contribution >= 0.6 is 0 Å². The van der Waals surface area contributed by atoms with Gasteiger partial charge < -0.3 is 54.2 Å². The lowest BCUT2D eigenvalue weighted by Gasteiger charge is -2.25. The summed E-state index contributed by atoms with van der Waals surface area (Å²) in [6.45, 7) is 1.18. The second kappa shape index (κ2) is 15.8. The number of aliphatic hydroxyl groups excluding tert-OH is 1. The molecule has 0 aromatic carbocycles. The second-order valence-electron chi connectivity index (χ2n) is 7.85. The molecule has 36 heavy (non-hydrogen) atoms. The third-order valence-electron chi connectivity index (χ3n) is 4.67. The van der Waals surface area contributed by atoms with E-state index in [1.165, 1.54) is 0 Å². The van der Waals surface area contributed by atoms with Crippen LogP contribution in [0.5, 0.6) is 0 Å². The third kappa shape index (κ3) is 13.0. The Bertz CT molecular complexity index is 845. The fourth-order valence-electron chi connectivity index (χ4n) is 2.78. The summed E-state index contributed by atoms with van der Waals surface area (Å²) in [6, 6.07) is -6.06. The summed E-state index contributed by atoms with van der Waals surface area (Å²) in [5.74, 6) is -6.97. The number of nitrogens with two attached hydrogens (primary N) is 4. The fourth-order valence-corrected chi connectivity index (χ4v) is 2.78. The number of hydrogen-bond donors (Lipinski definition) is 10. The van der Waals surface area contributed by atoms with Gasteiger partial charge in [0.25, 0.3) is 0 Å². The van der Waals surface area contributed by atoms with Gasteiger partial charge in [0.15, 0.2) is 12.0 Å². The molecular formula is C19H34N8O9. The van der Waals surface area contributed by atoms with Crippen LogP contribution in [0, 0.1) is 0 Å². The summed E-state index contributed by atoms with van der Waals surface area (Å²) < 4.78 is 0. The number of rotatable bonds is 17. The Morgan fingerprint density at radius 3 is 1.89 bits per heavy atom. The average molecular weight is 519 g/mol. The van der Waals surface area contributed by atoms with Crippen LogP contribution in [0.3, 0.4) is 0 Å². The van der Waals surface area contributed by atoms with Crippen molar-refractivity contribution in [2.24, 2.45) is 27.9 Å². The zero-order chi connectivity index (χ0) is 28.0. The predicted octanol–water partition coefficient (Wildman–Crippen LogP) is -4.97. The number of carboxylic acid groups (broad SMARTS) is 2. The van der Waals surface area contributed by atoms with Crippen LogP contribution in [-0.2, 0) is 28.8 Å². The number of guanidine groups is 1. The number of aliphatic imine (C=N–C) groups is 1. The molecule has 0 fully saturated rings. The smallest absolute Gasteiger partial charge is 0.328 e. The Kier molecular flexibility index (Phi) is 14.1. The van der Waals surface area contributed by atoms with Crippen molar-refractivity contribution in [3.05, 3.63) is 0 Å². The minimum absolute atomic E-state index is 0.0464. The molecule has 0 radical (unpaired) electrons. The largest absolute Gasteiger partial charge is 0.481 e. The molecule has 0 rings (SSSR count). The highest BCUT2D eigenvalue weighted by Crippen LogP contribution is 2.05. The third-order valence-corrected chi connectivity index (χ3v) is 4.67. The van der Waals surface area contributed by atoms with E-state index in [-0.39, 0.29) is 38.2 Å². The topological polar surface area (TPSA) is 316 Å². The number of primary amides is 1. The molecule has 17 heteroatoms. The predicted molar refractivity (Wildman–Crippen MR) is 124 cm³/mol. The average Bonchev–Trinajstić information content (AvgIpc) is 2.75. The molecule has 0 saturated heterocycles. The Morgan fingerprint density at radius 1 is 0.861 bits per heavy atom. The van der Waals surface area contributed by atoms with Gasteiger partial charge in [-0.15, -0.1) is 0 Å². The highest BCUT2D eigenvalue weighted by molar-refractivity contribution is 5.95. The molecule has 17 nitrogen and oxygen atoms in total. The van der Waals surface area contributed by atoms with E-state index in [2.05, 4.69) is 20.9 Å². The number of aliphatic hydroxyl groups is 1. The number of nitrogens with zero attached hydrogens (tertiary/aromatic N) is 1. The van der Waals surface area contributed by atoms with E-state index in [0.717, 1.165) is 6.92 Å². The maximum Gasteiger partial charge on any atom is 0.328 e. The molecule has 0 aromatic rings. The Hall–Kier alpha value is -3.99. The molecule has 5 unspecified atom stereocenters. The van der Waals surface area contributed by atoms with Gasteiger partial charge in [-0.1, -0.05) is 0 Å². The van der Waals surface area contributed by atoms with Crippen molar-refractivity contribution in [1.29, 1.82) is 0 Å². The molecule has 204 valence electrons. The lowest BCUT2D eigenvalue weighted by Crippen LogP contribution is -2.58. The van der Waals surface area contributed by atoms with Crippen LogP contribution in [0.25, 0.3) is 0 Å². The quantitative estimate of drug-likeness (QED) is 0.0491. The summed E-state index contributed by atoms with van der Waals surface area (Å²) in [5.41, 5.74) is 21.1. The summed E-state index contributed by atoms with van der Waals surface area (Å²) >= 11 is 0. The van der Waals surface area contributed by atoms with E-state index in [1.54, 1.807) is 0 Å². The van der Waals surface area contributed by atoms with E-state index < -0.39 is 72.3 Å². The second-order valence-corrected chi connectivity index (χ2v) is 7.85. The maximum atomic E-state index is 12.8. The van der Waals surface area contributed by atoms with Crippen LogP contribution in [0.4, 0.5) is 0 Å². The van der Waals surface area contributed by atoms with Gasteiger partial charge >= 0.3 is 11.9 Å². The van der Waals surface area contributed by atoms with Crippen molar-refractivity contribution in [2.75, 3.05) is 6.54 Å². The van der Waals surface area contributed by atoms with Gasteiger partial charge in [-0.2, -0.15) is 0 Å². The lowest BCUT2D eigenvalue weighted by atomic mass is 10.1. The molecule has 14 N–H and O–H groups in total. The molecule has 5 atom stereocenters. The highest BCUT2D eigenvalue weighted by Gasteiger charge is 2.32. The van der Waals surface area contributed by atoms with Gasteiger partial charge in [0, 0.05) is 13.0 Å². The summed E-state index contributed by atoms with van der Waals surface area (Å²) in [6.07, 6.45) is -2.73. The number of aliphatic carboxylic acids is 2. The van der Waals surface area contributed by atoms with Crippen molar-refractivity contribution in [1.82, 2.24) is 16.0 Å². The number of carbonyl (C=O) groups is 6. The van der Waals surface area contributed by atoms with Crippen LogP contribution in [0.15, 0.2) is 4.99 Å². The Labute approximate surface area is 206 Å². The number of carbonyl (C=O) groups excluding carboxylic acids is 4. The molecule has 0 aliphatic heterocycles. The van der Waals surface area contributed by atoms with E-state index >= 15 is 0 Å². The first-order valence-electron chi connectivity index (χ1n) is 10.8. The zero-order valence-corrected chi connectivity index (χ0v) is 19.7. The molecule has 0 aliphatic carbocycles. The van der Waals surface area contributed by atoms with Gasteiger partial charge in [0.1, 0.15) is 12.1 Å².